The Morgan fingerprint density at radius 3 is 2.62 bits per heavy atom. The predicted octanol–water partition coefficient (Wildman–Crippen LogP) is 3.35. The van der Waals surface area contributed by atoms with Crippen LogP contribution in [-0.2, 0) is 0 Å². The second-order valence-corrected chi connectivity index (χ2v) is 4.15. The number of furan rings is 1. The van der Waals surface area contributed by atoms with Gasteiger partial charge in [-0.15, -0.1) is 0 Å². The number of rotatable bonds is 4. The van der Waals surface area contributed by atoms with Gasteiger partial charge >= 0.3 is 0 Å². The summed E-state index contributed by atoms with van der Waals surface area (Å²) in [6, 6.07) is 2.38. The highest BCUT2D eigenvalue weighted by Gasteiger charge is 2.18. The summed E-state index contributed by atoms with van der Waals surface area (Å²) < 4.78 is 6.06. The fraction of sp³-hybridized carbons (Fsp3) is 0.600. The second-order valence-electron chi connectivity index (χ2n) is 3.43. The van der Waals surface area contributed by atoms with E-state index in [1.807, 2.05) is 6.07 Å². The van der Waals surface area contributed by atoms with E-state index in [1.165, 1.54) is 5.56 Å². The molecular formula is C10H16BrNO. The van der Waals surface area contributed by atoms with Crippen molar-refractivity contribution in [1.29, 1.82) is 0 Å². The lowest BCUT2D eigenvalue weighted by Crippen LogP contribution is -2.25. The lowest BCUT2D eigenvalue weighted by molar-refractivity contribution is 0.412. The average Bonchev–Trinajstić information content (AvgIpc) is 2.47. The molecule has 1 atom stereocenters. The van der Waals surface area contributed by atoms with Gasteiger partial charge < -0.3 is 9.73 Å². The minimum Gasteiger partial charge on any atom is -0.457 e. The van der Waals surface area contributed by atoms with Crippen molar-refractivity contribution >= 4 is 15.9 Å². The molecule has 0 saturated heterocycles. The maximum absolute atomic E-state index is 5.22. The maximum atomic E-state index is 5.22. The maximum Gasteiger partial charge on any atom is 0.173 e. The zero-order valence-corrected chi connectivity index (χ0v) is 9.89. The Hall–Kier alpha value is -0.280. The third kappa shape index (κ3) is 2.58. The van der Waals surface area contributed by atoms with Crippen molar-refractivity contribution in [3.8, 4) is 0 Å². The van der Waals surface area contributed by atoms with Gasteiger partial charge in [-0.3, -0.25) is 0 Å². The van der Waals surface area contributed by atoms with E-state index in [4.69, 9.17) is 4.42 Å². The van der Waals surface area contributed by atoms with E-state index in [1.54, 1.807) is 6.26 Å². The molecule has 0 spiro atoms. The highest BCUT2D eigenvalue weighted by atomic mass is 79.9. The third-order valence-electron chi connectivity index (χ3n) is 2.07. The standard InChI is InChI=1S/C10H16BrNO/c1-4-12-9(7(2)3)8-5-6-13-10(8)11/h5-7,9,12H,4H2,1-3H3. The molecule has 13 heavy (non-hydrogen) atoms. The third-order valence-corrected chi connectivity index (χ3v) is 2.72. The average molecular weight is 246 g/mol. The largest absolute Gasteiger partial charge is 0.457 e. The molecule has 0 aliphatic carbocycles. The summed E-state index contributed by atoms with van der Waals surface area (Å²) in [6.07, 6.45) is 1.71. The summed E-state index contributed by atoms with van der Waals surface area (Å²) in [5.74, 6) is 0.564. The molecule has 2 nitrogen and oxygen atoms in total. The summed E-state index contributed by atoms with van der Waals surface area (Å²) in [7, 11) is 0. The molecule has 0 radical (unpaired) electrons. The van der Waals surface area contributed by atoms with Crippen LogP contribution >= 0.6 is 15.9 Å². The first kappa shape index (κ1) is 10.8. The number of hydrogen-bond acceptors (Lipinski definition) is 2. The molecule has 74 valence electrons. The number of halogens is 1. The topological polar surface area (TPSA) is 25.2 Å². The smallest absolute Gasteiger partial charge is 0.173 e. The van der Waals surface area contributed by atoms with Crippen LogP contribution < -0.4 is 5.32 Å². The van der Waals surface area contributed by atoms with Crippen molar-refractivity contribution in [3.63, 3.8) is 0 Å². The normalized spacial score (nSPS) is 13.6. The Balaban J connectivity index is 2.82. The van der Waals surface area contributed by atoms with Gasteiger partial charge in [0.05, 0.1) is 6.26 Å². The van der Waals surface area contributed by atoms with Crippen LogP contribution in [0.4, 0.5) is 0 Å². The SMILES string of the molecule is CCNC(c1ccoc1Br)C(C)C. The zero-order chi connectivity index (χ0) is 9.84. The molecule has 0 amide bonds. The van der Waals surface area contributed by atoms with Gasteiger partial charge in [-0.2, -0.15) is 0 Å². The second kappa shape index (κ2) is 4.82. The fourth-order valence-electron chi connectivity index (χ4n) is 1.45. The van der Waals surface area contributed by atoms with Gasteiger partial charge in [-0.25, -0.2) is 0 Å². The molecule has 0 aromatic carbocycles. The molecule has 0 aliphatic heterocycles. The monoisotopic (exact) mass is 245 g/mol. The van der Waals surface area contributed by atoms with E-state index < -0.39 is 0 Å². The molecule has 1 aromatic rings. The molecule has 0 fully saturated rings. The van der Waals surface area contributed by atoms with E-state index in [2.05, 4.69) is 42.0 Å². The van der Waals surface area contributed by atoms with Gasteiger partial charge in [0.2, 0.25) is 0 Å². The Morgan fingerprint density at radius 2 is 2.23 bits per heavy atom. The molecule has 1 rings (SSSR count). The van der Waals surface area contributed by atoms with Gasteiger partial charge in [0, 0.05) is 11.6 Å². The molecule has 0 aliphatic rings. The van der Waals surface area contributed by atoms with Crippen molar-refractivity contribution in [2.24, 2.45) is 5.92 Å². The van der Waals surface area contributed by atoms with Crippen LogP contribution in [0.25, 0.3) is 0 Å². The first-order chi connectivity index (χ1) is 6.16. The highest BCUT2D eigenvalue weighted by Crippen LogP contribution is 2.29. The Bertz CT molecular complexity index is 257. The lowest BCUT2D eigenvalue weighted by Gasteiger charge is -2.20. The predicted molar refractivity (Wildman–Crippen MR) is 57.7 cm³/mol. The van der Waals surface area contributed by atoms with Crippen molar-refractivity contribution in [2.45, 2.75) is 26.8 Å². The summed E-state index contributed by atoms with van der Waals surface area (Å²) in [5, 5.41) is 3.44. The first-order valence-corrected chi connectivity index (χ1v) is 5.42. The van der Waals surface area contributed by atoms with Crippen LogP contribution in [0.15, 0.2) is 21.4 Å². The van der Waals surface area contributed by atoms with Crippen LogP contribution in [0.5, 0.6) is 0 Å². The molecule has 1 aromatic heterocycles. The van der Waals surface area contributed by atoms with E-state index in [0.29, 0.717) is 12.0 Å². The number of hydrogen-bond donors (Lipinski definition) is 1. The van der Waals surface area contributed by atoms with Crippen LogP contribution in [0.3, 0.4) is 0 Å². The molecule has 0 bridgehead atoms. The molecule has 0 saturated carbocycles. The lowest BCUT2D eigenvalue weighted by atomic mass is 9.98. The Morgan fingerprint density at radius 1 is 1.54 bits per heavy atom. The van der Waals surface area contributed by atoms with Crippen molar-refractivity contribution in [3.05, 3.63) is 22.6 Å². The van der Waals surface area contributed by atoms with Gasteiger partial charge in [-0.05, 0) is 34.5 Å². The minimum atomic E-state index is 0.373. The quantitative estimate of drug-likeness (QED) is 0.881. The molecule has 3 heteroatoms. The minimum absolute atomic E-state index is 0.373. The highest BCUT2D eigenvalue weighted by molar-refractivity contribution is 9.10. The molecule has 1 heterocycles. The Labute approximate surface area is 87.8 Å². The molecule has 1 N–H and O–H groups in total. The summed E-state index contributed by atoms with van der Waals surface area (Å²) >= 11 is 3.40. The van der Waals surface area contributed by atoms with Crippen LogP contribution in [0.2, 0.25) is 0 Å². The fourth-order valence-corrected chi connectivity index (χ4v) is 1.94. The zero-order valence-electron chi connectivity index (χ0n) is 8.30. The van der Waals surface area contributed by atoms with E-state index >= 15 is 0 Å². The molecule has 1 unspecified atom stereocenters. The van der Waals surface area contributed by atoms with Crippen LogP contribution in [0, 0.1) is 5.92 Å². The van der Waals surface area contributed by atoms with Gasteiger partial charge in [0.25, 0.3) is 0 Å². The molecular weight excluding hydrogens is 230 g/mol. The van der Waals surface area contributed by atoms with E-state index in [-0.39, 0.29) is 0 Å². The van der Waals surface area contributed by atoms with E-state index in [0.717, 1.165) is 11.2 Å². The Kier molecular flexibility index (Phi) is 4.00. The van der Waals surface area contributed by atoms with Crippen molar-refractivity contribution < 1.29 is 4.42 Å². The summed E-state index contributed by atoms with van der Waals surface area (Å²) in [4.78, 5) is 0. The summed E-state index contributed by atoms with van der Waals surface area (Å²) in [5.41, 5.74) is 1.21. The van der Waals surface area contributed by atoms with Gasteiger partial charge in [-0.1, -0.05) is 20.8 Å². The van der Waals surface area contributed by atoms with Crippen LogP contribution in [0.1, 0.15) is 32.4 Å². The summed E-state index contributed by atoms with van der Waals surface area (Å²) in [6.45, 7) is 7.49. The van der Waals surface area contributed by atoms with Crippen molar-refractivity contribution in [2.75, 3.05) is 6.54 Å². The van der Waals surface area contributed by atoms with E-state index in [9.17, 15) is 0 Å². The van der Waals surface area contributed by atoms with Crippen LogP contribution in [-0.4, -0.2) is 6.54 Å². The number of nitrogens with one attached hydrogen (secondary N) is 1. The van der Waals surface area contributed by atoms with Gasteiger partial charge in [0.1, 0.15) is 0 Å². The first-order valence-electron chi connectivity index (χ1n) is 4.63. The van der Waals surface area contributed by atoms with Crippen molar-refractivity contribution in [1.82, 2.24) is 5.32 Å². The van der Waals surface area contributed by atoms with Gasteiger partial charge in [0.15, 0.2) is 4.67 Å².